The van der Waals surface area contributed by atoms with Gasteiger partial charge in [0, 0.05) is 72.8 Å². The summed E-state index contributed by atoms with van der Waals surface area (Å²) in [5, 5.41) is 33.6. The van der Waals surface area contributed by atoms with Crippen LogP contribution in [0, 0.1) is 0 Å². The molecule has 19 nitrogen and oxygen atoms in total. The van der Waals surface area contributed by atoms with Crippen LogP contribution < -0.4 is 31.9 Å². The first-order chi connectivity index (χ1) is 28.4. The van der Waals surface area contributed by atoms with Gasteiger partial charge < -0.3 is 90.0 Å². The van der Waals surface area contributed by atoms with Gasteiger partial charge in [-0.1, -0.05) is 0 Å². The molecular weight excluding hydrogens is 760 g/mol. The Hall–Kier alpha value is -8.32. The fraction of sp³-hybridized carbons (Fsp3) is 0.0769. The van der Waals surface area contributed by atoms with Crippen molar-refractivity contribution in [3.05, 3.63) is 110 Å². The second-order valence-corrected chi connectivity index (χ2v) is 13.3. The largest absolute Gasteiger partial charge is 0.461 e. The van der Waals surface area contributed by atoms with Crippen molar-refractivity contribution in [2.75, 3.05) is 31.9 Å². The highest BCUT2D eigenvalue weighted by Gasteiger charge is 2.60. The molecule has 0 amide bonds. The van der Waals surface area contributed by atoms with Crippen molar-refractivity contribution in [1.82, 2.24) is 0 Å². The van der Waals surface area contributed by atoms with Crippen LogP contribution in [0.15, 0.2) is 163 Å². The van der Waals surface area contributed by atoms with Gasteiger partial charge in [-0.15, -0.1) is 0 Å². The minimum atomic E-state index is -2.57. The summed E-state index contributed by atoms with van der Waals surface area (Å²) < 4.78 is 71.0. The Bertz CT molecular complexity index is 2960. The molecule has 0 aromatic carbocycles. The number of nitrogens with one attached hydrogen (secondary N) is 6. The molecule has 12 aromatic rings. The summed E-state index contributed by atoms with van der Waals surface area (Å²) in [6.45, 7) is 0. The third-order valence-electron chi connectivity index (χ3n) is 9.66. The number of anilines is 6. The van der Waals surface area contributed by atoms with Gasteiger partial charge in [0.1, 0.15) is 0 Å². The maximum absolute atomic E-state index is 13.8. The fourth-order valence-electron chi connectivity index (χ4n) is 7.06. The summed E-state index contributed by atoms with van der Waals surface area (Å²) in [4.78, 5) is 0. The van der Waals surface area contributed by atoms with Crippen LogP contribution >= 0.6 is 0 Å². The van der Waals surface area contributed by atoms with Crippen molar-refractivity contribution in [2.24, 2.45) is 0 Å². The zero-order chi connectivity index (χ0) is 38.4. The quantitative estimate of drug-likeness (QED) is 0.0506. The molecule has 0 aliphatic carbocycles. The highest BCUT2D eigenvalue weighted by molar-refractivity contribution is 5.81. The van der Waals surface area contributed by atoms with Gasteiger partial charge in [0.15, 0.2) is 96.7 Å². The molecule has 12 rings (SSSR count). The third kappa shape index (κ3) is 5.10. The minimum absolute atomic E-state index is 0.0544. The lowest BCUT2D eigenvalue weighted by atomic mass is 9.96. The molecule has 0 aliphatic rings. The minimum Gasteiger partial charge on any atom is -0.461 e. The van der Waals surface area contributed by atoms with Crippen molar-refractivity contribution < 1.29 is 58.1 Å². The van der Waals surface area contributed by atoms with Crippen molar-refractivity contribution in [3.63, 3.8) is 0 Å². The van der Waals surface area contributed by atoms with Crippen LogP contribution in [0.3, 0.4) is 0 Å². The average Bonchev–Trinajstić information content (AvgIpc) is 3.96. The van der Waals surface area contributed by atoms with Gasteiger partial charge in [0.2, 0.25) is 17.4 Å². The lowest BCUT2D eigenvalue weighted by molar-refractivity contribution is 0.0276. The molecule has 0 unspecified atom stereocenters. The molecule has 19 heteroatoms. The number of fused-ring (bicyclic) bond motifs is 6. The molecule has 12 heterocycles. The van der Waals surface area contributed by atoms with E-state index in [0.29, 0.717) is 67.0 Å². The van der Waals surface area contributed by atoms with Gasteiger partial charge in [-0.25, -0.2) is 0 Å². The summed E-state index contributed by atoms with van der Waals surface area (Å²) in [6.07, 6.45) is 7.61. The van der Waals surface area contributed by atoms with Gasteiger partial charge in [-0.2, -0.15) is 0 Å². The summed E-state index contributed by atoms with van der Waals surface area (Å²) in [5.41, 5.74) is 2.83. The Morgan fingerprint density at radius 3 is 0.897 bits per heavy atom. The van der Waals surface area contributed by atoms with Crippen LogP contribution in [0.5, 0.6) is 0 Å². The second-order valence-electron chi connectivity index (χ2n) is 13.3. The monoisotopic (exact) mass is 786 g/mol. The van der Waals surface area contributed by atoms with Gasteiger partial charge in [0.05, 0.1) is 37.6 Å². The van der Waals surface area contributed by atoms with Crippen molar-refractivity contribution in [2.45, 2.75) is 17.7 Å². The Morgan fingerprint density at radius 1 is 0.345 bits per heavy atom. The van der Waals surface area contributed by atoms with Gasteiger partial charge >= 0.3 is 0 Å². The Kier molecular flexibility index (Phi) is 6.53. The summed E-state index contributed by atoms with van der Waals surface area (Å²) in [6, 6.07) is 19.6. The first-order valence-corrected chi connectivity index (χ1v) is 17.6. The molecule has 0 spiro atoms. The van der Waals surface area contributed by atoms with E-state index < -0.39 is 17.7 Å². The first-order valence-electron chi connectivity index (χ1n) is 17.6. The summed E-state index contributed by atoms with van der Waals surface area (Å²) in [7, 11) is 0. The zero-order valence-corrected chi connectivity index (χ0v) is 29.3. The highest BCUT2D eigenvalue weighted by Crippen LogP contribution is 2.42. The standard InChI is InChI=1S/C39H26N6O13/c46-39(44-35-17-29-23(57-35)5-11-51-29,45-36-18-30-24(58-36)6-12-52-30)38(42-33-15-27-21(55-33)3-9-49-27,43-34-16-28-22(56-34)4-10-50-28)37(40-31-13-25-19(53-31)1-7-47-25)41-32-14-26-20(54-32)2-8-48-26/h1-18,37,40-46H. The summed E-state index contributed by atoms with van der Waals surface area (Å²) in [5.74, 6) is -1.85. The lowest BCUT2D eigenvalue weighted by Crippen LogP contribution is -2.79. The molecule has 0 saturated carbocycles. The van der Waals surface area contributed by atoms with Crippen molar-refractivity contribution in [1.29, 1.82) is 0 Å². The normalized spacial score (nSPS) is 12.7. The van der Waals surface area contributed by atoms with E-state index in [4.69, 9.17) is 53.0 Å². The molecule has 290 valence electrons. The number of aliphatic hydroxyl groups is 1. The predicted molar refractivity (Wildman–Crippen MR) is 204 cm³/mol. The zero-order valence-electron chi connectivity index (χ0n) is 29.3. The van der Waals surface area contributed by atoms with E-state index in [1.807, 2.05) is 0 Å². The average molecular weight is 787 g/mol. The van der Waals surface area contributed by atoms with Crippen LogP contribution in [0.4, 0.5) is 35.3 Å². The van der Waals surface area contributed by atoms with E-state index in [1.165, 1.54) is 37.6 Å². The SMILES string of the molecule is OC(Nc1cc2occc2o1)(Nc1cc2occc2o1)C(Nc1cc2occc2o1)(Nc1cc2occc2o1)C(Nc1cc2occc2o1)Nc1cc2occc2o1. The van der Waals surface area contributed by atoms with E-state index in [0.717, 1.165) is 0 Å². The molecule has 7 N–H and O–H groups in total. The number of rotatable bonds is 14. The van der Waals surface area contributed by atoms with E-state index >= 15 is 0 Å². The van der Waals surface area contributed by atoms with Gasteiger partial charge in [-0.05, 0) is 0 Å². The molecule has 0 bridgehead atoms. The molecule has 0 aliphatic heterocycles. The molecule has 0 radical (unpaired) electrons. The highest BCUT2D eigenvalue weighted by atomic mass is 16.4. The lowest BCUT2D eigenvalue weighted by Gasteiger charge is -2.51. The first kappa shape index (κ1) is 32.0. The van der Waals surface area contributed by atoms with E-state index in [1.54, 1.807) is 72.8 Å². The summed E-state index contributed by atoms with van der Waals surface area (Å²) >= 11 is 0. The number of furan rings is 12. The van der Waals surface area contributed by atoms with Crippen LogP contribution in [-0.4, -0.2) is 22.8 Å². The maximum atomic E-state index is 13.8. The Labute approximate surface area is 320 Å². The smallest absolute Gasteiger partial charge is 0.266 e. The molecule has 0 fully saturated rings. The Morgan fingerprint density at radius 2 is 0.603 bits per heavy atom. The van der Waals surface area contributed by atoms with Crippen LogP contribution in [0.25, 0.3) is 67.0 Å². The van der Waals surface area contributed by atoms with Crippen LogP contribution in [-0.2, 0) is 0 Å². The molecule has 58 heavy (non-hydrogen) atoms. The van der Waals surface area contributed by atoms with Gasteiger partial charge in [0.25, 0.3) is 5.85 Å². The Balaban J connectivity index is 1.11. The molecular formula is C39H26N6O13. The van der Waals surface area contributed by atoms with E-state index in [9.17, 15) is 5.11 Å². The van der Waals surface area contributed by atoms with Crippen LogP contribution in [0.2, 0.25) is 0 Å². The fourth-order valence-corrected chi connectivity index (χ4v) is 7.06. The topological polar surface area (TPSA) is 250 Å². The van der Waals surface area contributed by atoms with E-state index in [2.05, 4.69) is 31.9 Å². The second kappa shape index (κ2) is 11.8. The third-order valence-corrected chi connectivity index (χ3v) is 9.66. The van der Waals surface area contributed by atoms with Crippen LogP contribution in [0.1, 0.15) is 0 Å². The number of hydrogen-bond donors (Lipinski definition) is 7. The molecule has 12 aromatic heterocycles. The van der Waals surface area contributed by atoms with E-state index in [-0.39, 0.29) is 35.3 Å². The van der Waals surface area contributed by atoms with Crippen molar-refractivity contribution >= 4 is 102 Å². The number of hydrogen-bond acceptors (Lipinski definition) is 19. The predicted octanol–water partition coefficient (Wildman–Crippen LogP) is 10.4. The molecule has 0 atom stereocenters. The molecule has 0 saturated heterocycles. The van der Waals surface area contributed by atoms with Crippen molar-refractivity contribution in [3.8, 4) is 0 Å². The maximum Gasteiger partial charge on any atom is 0.266 e. The van der Waals surface area contributed by atoms with Gasteiger partial charge in [-0.3, -0.25) is 0 Å².